The molecule has 2 aromatic carbocycles. The second-order valence-electron chi connectivity index (χ2n) is 5.22. The molecule has 0 aliphatic heterocycles. The average molecular weight is 470 g/mol. The van der Waals surface area contributed by atoms with Gasteiger partial charge in [0.25, 0.3) is 5.91 Å². The molecule has 0 saturated heterocycles. The fourth-order valence-electron chi connectivity index (χ4n) is 2.20. The number of nitrogens with zero attached hydrogens (tertiary/aromatic N) is 1. The Morgan fingerprint density at radius 1 is 1.33 bits per heavy atom. The zero-order valence-electron chi connectivity index (χ0n) is 14.5. The number of hydrogen-bond donors (Lipinski definition) is 1. The normalized spacial score (nSPS) is 10.9. The van der Waals surface area contributed by atoms with Crippen molar-refractivity contribution >= 4 is 56.8 Å². The SMILES string of the molecule is CCOc1c(Br)cc(/C=C(\C#N)C(=O)Nc2ccc(Cl)cc2Cl)cc1OC. The first kappa shape index (κ1) is 21.1. The lowest BCUT2D eigenvalue weighted by molar-refractivity contribution is -0.112. The van der Waals surface area contributed by atoms with E-state index >= 15 is 0 Å². The van der Waals surface area contributed by atoms with Crippen LogP contribution in [0.2, 0.25) is 10.0 Å². The van der Waals surface area contributed by atoms with Crippen molar-refractivity contribution in [1.29, 1.82) is 5.26 Å². The Balaban J connectivity index is 2.33. The molecule has 140 valence electrons. The first-order chi connectivity index (χ1) is 12.9. The van der Waals surface area contributed by atoms with E-state index in [9.17, 15) is 10.1 Å². The van der Waals surface area contributed by atoms with Crippen LogP contribution >= 0.6 is 39.1 Å². The molecular formula is C19H15BrCl2N2O3. The number of rotatable bonds is 6. The van der Waals surface area contributed by atoms with Crippen LogP contribution in [0.1, 0.15) is 12.5 Å². The zero-order valence-corrected chi connectivity index (χ0v) is 17.6. The van der Waals surface area contributed by atoms with Crippen molar-refractivity contribution in [2.75, 3.05) is 19.0 Å². The number of anilines is 1. The van der Waals surface area contributed by atoms with E-state index in [1.807, 2.05) is 13.0 Å². The third kappa shape index (κ3) is 5.39. The van der Waals surface area contributed by atoms with Crippen molar-refractivity contribution in [2.24, 2.45) is 0 Å². The maximum atomic E-state index is 12.4. The van der Waals surface area contributed by atoms with Crippen LogP contribution < -0.4 is 14.8 Å². The average Bonchev–Trinajstić information content (AvgIpc) is 2.63. The first-order valence-electron chi connectivity index (χ1n) is 7.78. The van der Waals surface area contributed by atoms with Gasteiger partial charge in [-0.2, -0.15) is 5.26 Å². The van der Waals surface area contributed by atoms with Gasteiger partial charge >= 0.3 is 0 Å². The monoisotopic (exact) mass is 468 g/mol. The van der Waals surface area contributed by atoms with E-state index in [1.54, 1.807) is 24.3 Å². The smallest absolute Gasteiger partial charge is 0.266 e. The summed E-state index contributed by atoms with van der Waals surface area (Å²) in [5.41, 5.74) is 0.855. The number of carbonyl (C=O) groups excluding carboxylic acids is 1. The number of nitrogens with one attached hydrogen (secondary N) is 1. The van der Waals surface area contributed by atoms with Gasteiger partial charge in [-0.05, 0) is 64.8 Å². The molecule has 27 heavy (non-hydrogen) atoms. The van der Waals surface area contributed by atoms with E-state index in [2.05, 4.69) is 21.2 Å². The summed E-state index contributed by atoms with van der Waals surface area (Å²) in [7, 11) is 1.51. The van der Waals surface area contributed by atoms with Crippen molar-refractivity contribution in [3.8, 4) is 17.6 Å². The molecule has 0 radical (unpaired) electrons. The molecule has 2 aromatic rings. The van der Waals surface area contributed by atoms with E-state index in [-0.39, 0.29) is 10.6 Å². The Hall–Kier alpha value is -2.20. The molecule has 0 spiro atoms. The number of amides is 1. The third-order valence-electron chi connectivity index (χ3n) is 3.40. The van der Waals surface area contributed by atoms with Crippen LogP contribution in [0.5, 0.6) is 11.5 Å². The second-order valence-corrected chi connectivity index (χ2v) is 6.91. The van der Waals surface area contributed by atoms with Crippen LogP contribution in [0, 0.1) is 11.3 Å². The minimum absolute atomic E-state index is 0.0980. The molecule has 1 amide bonds. The third-order valence-corrected chi connectivity index (χ3v) is 4.53. The van der Waals surface area contributed by atoms with Gasteiger partial charge in [0.05, 0.1) is 28.9 Å². The Morgan fingerprint density at radius 3 is 2.67 bits per heavy atom. The van der Waals surface area contributed by atoms with Crippen LogP contribution in [0.25, 0.3) is 6.08 Å². The highest BCUT2D eigenvalue weighted by molar-refractivity contribution is 9.10. The van der Waals surface area contributed by atoms with E-state index in [0.717, 1.165) is 0 Å². The number of methoxy groups -OCH3 is 1. The predicted octanol–water partition coefficient (Wildman–Crippen LogP) is 5.71. The number of ether oxygens (including phenoxy) is 2. The van der Waals surface area contributed by atoms with Crippen LogP contribution in [-0.2, 0) is 4.79 Å². The van der Waals surface area contributed by atoms with E-state index in [4.69, 9.17) is 32.7 Å². The van der Waals surface area contributed by atoms with Gasteiger partial charge in [0, 0.05) is 5.02 Å². The summed E-state index contributed by atoms with van der Waals surface area (Å²) < 4.78 is 11.5. The molecule has 0 aliphatic carbocycles. The van der Waals surface area contributed by atoms with E-state index in [1.165, 1.54) is 19.3 Å². The number of nitriles is 1. The summed E-state index contributed by atoms with van der Waals surface area (Å²) in [5.74, 6) is 0.440. The van der Waals surface area contributed by atoms with Crippen LogP contribution in [0.3, 0.4) is 0 Å². The van der Waals surface area contributed by atoms with Crippen molar-refractivity contribution in [3.05, 3.63) is 56.0 Å². The predicted molar refractivity (Wildman–Crippen MR) is 111 cm³/mol. The molecule has 0 fully saturated rings. The second kappa shape index (κ2) is 9.65. The van der Waals surface area contributed by atoms with Gasteiger partial charge in [0.2, 0.25) is 0 Å². The molecule has 1 N–H and O–H groups in total. The van der Waals surface area contributed by atoms with E-state index < -0.39 is 5.91 Å². The molecule has 0 bridgehead atoms. The van der Waals surface area contributed by atoms with Crippen molar-refractivity contribution in [2.45, 2.75) is 6.92 Å². The largest absolute Gasteiger partial charge is 0.493 e. The van der Waals surface area contributed by atoms with Crippen LogP contribution in [0.4, 0.5) is 5.69 Å². The molecule has 2 rings (SSSR count). The van der Waals surface area contributed by atoms with Gasteiger partial charge in [-0.15, -0.1) is 0 Å². The fourth-order valence-corrected chi connectivity index (χ4v) is 3.23. The van der Waals surface area contributed by atoms with Gasteiger partial charge in [0.15, 0.2) is 11.5 Å². The molecule has 0 saturated carbocycles. The molecule has 0 aliphatic rings. The zero-order chi connectivity index (χ0) is 20.0. The lowest BCUT2D eigenvalue weighted by Crippen LogP contribution is -2.13. The Morgan fingerprint density at radius 2 is 2.07 bits per heavy atom. The topological polar surface area (TPSA) is 71.3 Å². The molecule has 0 aromatic heterocycles. The summed E-state index contributed by atoms with van der Waals surface area (Å²) in [6, 6.07) is 9.95. The van der Waals surface area contributed by atoms with Crippen molar-refractivity contribution in [3.63, 3.8) is 0 Å². The Kier molecular flexibility index (Phi) is 7.55. The maximum Gasteiger partial charge on any atom is 0.266 e. The number of benzene rings is 2. The number of halogens is 3. The van der Waals surface area contributed by atoms with E-state index in [0.29, 0.717) is 38.9 Å². The molecule has 8 heteroatoms. The standard InChI is InChI=1S/C19H15BrCl2N2O3/c1-3-27-18-14(20)7-11(8-17(18)26-2)6-12(10-23)19(25)24-16-5-4-13(21)9-15(16)22/h4-9H,3H2,1-2H3,(H,24,25)/b12-6+. The molecular weight excluding hydrogens is 455 g/mol. The quantitative estimate of drug-likeness (QED) is 0.434. The van der Waals surface area contributed by atoms with Gasteiger partial charge < -0.3 is 14.8 Å². The van der Waals surface area contributed by atoms with Crippen molar-refractivity contribution < 1.29 is 14.3 Å². The Bertz CT molecular complexity index is 939. The van der Waals surface area contributed by atoms with Gasteiger partial charge in [-0.1, -0.05) is 23.2 Å². The van der Waals surface area contributed by atoms with Gasteiger partial charge in [-0.25, -0.2) is 0 Å². The lowest BCUT2D eigenvalue weighted by atomic mass is 10.1. The fraction of sp³-hybridized carbons (Fsp3) is 0.158. The first-order valence-corrected chi connectivity index (χ1v) is 9.33. The summed E-state index contributed by atoms with van der Waals surface area (Å²) >= 11 is 15.3. The minimum atomic E-state index is -0.592. The lowest BCUT2D eigenvalue weighted by Gasteiger charge is -2.12. The summed E-state index contributed by atoms with van der Waals surface area (Å²) in [6.45, 7) is 2.33. The highest BCUT2D eigenvalue weighted by Crippen LogP contribution is 2.37. The number of carbonyl (C=O) groups is 1. The highest BCUT2D eigenvalue weighted by atomic mass is 79.9. The van der Waals surface area contributed by atoms with Gasteiger partial charge in [-0.3, -0.25) is 4.79 Å². The number of hydrogen-bond acceptors (Lipinski definition) is 4. The molecule has 0 heterocycles. The summed E-state index contributed by atoms with van der Waals surface area (Å²) in [5, 5.41) is 12.7. The molecule has 5 nitrogen and oxygen atoms in total. The Labute approximate surface area is 175 Å². The molecule has 0 atom stereocenters. The van der Waals surface area contributed by atoms with Crippen LogP contribution in [0.15, 0.2) is 40.4 Å². The van der Waals surface area contributed by atoms with Gasteiger partial charge in [0.1, 0.15) is 11.6 Å². The van der Waals surface area contributed by atoms with Crippen molar-refractivity contribution in [1.82, 2.24) is 0 Å². The molecule has 0 unspecified atom stereocenters. The van der Waals surface area contributed by atoms with Crippen LogP contribution in [-0.4, -0.2) is 19.6 Å². The minimum Gasteiger partial charge on any atom is -0.493 e. The summed E-state index contributed by atoms with van der Waals surface area (Å²) in [6.07, 6.45) is 1.45. The highest BCUT2D eigenvalue weighted by Gasteiger charge is 2.14. The summed E-state index contributed by atoms with van der Waals surface area (Å²) in [4.78, 5) is 12.4. The maximum absolute atomic E-state index is 12.4.